The molecule has 46 valence electrons. The van der Waals surface area contributed by atoms with Gasteiger partial charge in [-0.2, -0.15) is 0 Å². The maximum absolute atomic E-state index is 4.85. The van der Waals surface area contributed by atoms with Crippen LogP contribution in [0.4, 0.5) is 0 Å². The molecule has 0 aliphatic heterocycles. The summed E-state index contributed by atoms with van der Waals surface area (Å²) in [7, 11) is 0. The molecule has 1 heteroatoms. The van der Waals surface area contributed by atoms with Crippen LogP contribution in [0.5, 0.6) is 0 Å². The first-order valence-electron chi connectivity index (χ1n) is 2.75. The van der Waals surface area contributed by atoms with Gasteiger partial charge in [-0.05, 0) is 13.3 Å². The van der Waals surface area contributed by atoms with Crippen molar-refractivity contribution >= 4 is 0 Å². The molecule has 0 amide bonds. The molecule has 0 unspecified atom stereocenters. The van der Waals surface area contributed by atoms with Gasteiger partial charge in [-0.25, -0.2) is 0 Å². The van der Waals surface area contributed by atoms with Crippen LogP contribution in [0.1, 0.15) is 13.3 Å². The molecule has 8 heavy (non-hydrogen) atoms. The molecule has 0 saturated carbocycles. The average molecular weight is 112 g/mol. The Balaban J connectivity index is 2.82. The fourth-order valence-corrected chi connectivity index (χ4v) is 0.386. The van der Waals surface area contributed by atoms with E-state index in [9.17, 15) is 0 Å². The van der Waals surface area contributed by atoms with Gasteiger partial charge in [0.05, 0.1) is 12.9 Å². The Kier molecular flexibility index (Phi) is 5.71. The minimum atomic E-state index is 0.744. The SMILES string of the molecule is C=COCCC=CC. The van der Waals surface area contributed by atoms with E-state index in [0.29, 0.717) is 0 Å². The Bertz CT molecular complexity index is 74.5. The minimum absolute atomic E-state index is 0.744. The lowest BCUT2D eigenvalue weighted by atomic mass is 10.4. The summed E-state index contributed by atoms with van der Waals surface area (Å²) >= 11 is 0. The molecule has 1 nitrogen and oxygen atoms in total. The van der Waals surface area contributed by atoms with Crippen molar-refractivity contribution in [2.45, 2.75) is 13.3 Å². The second-order valence-electron chi connectivity index (χ2n) is 1.40. The van der Waals surface area contributed by atoms with Gasteiger partial charge in [0, 0.05) is 0 Å². The lowest BCUT2D eigenvalue weighted by Crippen LogP contribution is -1.81. The molecule has 0 aliphatic carbocycles. The Labute approximate surface area is 50.7 Å². The van der Waals surface area contributed by atoms with E-state index in [1.807, 2.05) is 13.0 Å². The molecule has 0 radical (unpaired) electrons. The summed E-state index contributed by atoms with van der Waals surface area (Å²) in [5.41, 5.74) is 0. The van der Waals surface area contributed by atoms with Crippen molar-refractivity contribution in [1.29, 1.82) is 0 Å². The Morgan fingerprint density at radius 2 is 2.38 bits per heavy atom. The molecular formula is C7H12O. The van der Waals surface area contributed by atoms with E-state index in [4.69, 9.17) is 4.74 Å². The number of hydrogen-bond donors (Lipinski definition) is 0. The molecule has 0 N–H and O–H groups in total. The van der Waals surface area contributed by atoms with Gasteiger partial charge in [-0.3, -0.25) is 0 Å². The molecule has 0 rings (SSSR count). The maximum atomic E-state index is 4.85. The smallest absolute Gasteiger partial charge is 0.0907 e. The third-order valence-corrected chi connectivity index (χ3v) is 0.756. The van der Waals surface area contributed by atoms with Gasteiger partial charge in [0.2, 0.25) is 0 Å². The predicted octanol–water partition coefficient (Wildman–Crippen LogP) is 2.11. The summed E-state index contributed by atoms with van der Waals surface area (Å²) in [6.45, 7) is 6.15. The number of hydrogen-bond acceptors (Lipinski definition) is 1. The number of rotatable bonds is 4. The topological polar surface area (TPSA) is 9.23 Å². The maximum Gasteiger partial charge on any atom is 0.0907 e. The highest BCUT2D eigenvalue weighted by Gasteiger charge is 1.73. The fraction of sp³-hybridized carbons (Fsp3) is 0.429. The second-order valence-corrected chi connectivity index (χ2v) is 1.40. The standard InChI is InChI=1S/C7H12O/c1-3-5-6-7-8-4-2/h3-5H,2,6-7H2,1H3. The van der Waals surface area contributed by atoms with Crippen LogP contribution in [0.2, 0.25) is 0 Å². The lowest BCUT2D eigenvalue weighted by Gasteiger charge is -1.92. The van der Waals surface area contributed by atoms with E-state index in [1.165, 1.54) is 6.26 Å². The number of ether oxygens (including phenoxy) is 1. The largest absolute Gasteiger partial charge is 0.501 e. The minimum Gasteiger partial charge on any atom is -0.501 e. The summed E-state index contributed by atoms with van der Waals surface area (Å²) in [5, 5.41) is 0. The van der Waals surface area contributed by atoms with Crippen molar-refractivity contribution in [1.82, 2.24) is 0 Å². The van der Waals surface area contributed by atoms with Crippen LogP contribution in [-0.4, -0.2) is 6.61 Å². The molecule has 0 fully saturated rings. The van der Waals surface area contributed by atoms with Gasteiger partial charge in [0.25, 0.3) is 0 Å². The highest BCUT2D eigenvalue weighted by molar-refractivity contribution is 4.76. The van der Waals surface area contributed by atoms with E-state index in [-0.39, 0.29) is 0 Å². The predicted molar refractivity (Wildman–Crippen MR) is 35.6 cm³/mol. The van der Waals surface area contributed by atoms with Crippen molar-refractivity contribution in [3.8, 4) is 0 Å². The normalized spacial score (nSPS) is 9.62. The monoisotopic (exact) mass is 112 g/mol. The molecule has 0 spiro atoms. The second kappa shape index (κ2) is 6.28. The van der Waals surface area contributed by atoms with Gasteiger partial charge < -0.3 is 4.74 Å². The van der Waals surface area contributed by atoms with Gasteiger partial charge in [-0.15, -0.1) is 0 Å². The summed E-state index contributed by atoms with van der Waals surface area (Å²) in [4.78, 5) is 0. The summed E-state index contributed by atoms with van der Waals surface area (Å²) in [6.07, 6.45) is 6.50. The summed E-state index contributed by atoms with van der Waals surface area (Å²) in [6, 6.07) is 0. The highest BCUT2D eigenvalue weighted by atomic mass is 16.5. The van der Waals surface area contributed by atoms with Crippen molar-refractivity contribution < 1.29 is 4.74 Å². The van der Waals surface area contributed by atoms with Crippen molar-refractivity contribution in [3.05, 3.63) is 25.0 Å². The third-order valence-electron chi connectivity index (χ3n) is 0.756. The average Bonchev–Trinajstić information content (AvgIpc) is 1.81. The zero-order valence-corrected chi connectivity index (χ0v) is 5.26. The molecule has 0 aliphatic rings. The van der Waals surface area contributed by atoms with Gasteiger partial charge in [-0.1, -0.05) is 18.7 Å². The van der Waals surface area contributed by atoms with Crippen LogP contribution in [0.15, 0.2) is 25.0 Å². The highest BCUT2D eigenvalue weighted by Crippen LogP contribution is 1.83. The Hall–Kier alpha value is -0.720. The summed E-state index contributed by atoms with van der Waals surface area (Å²) < 4.78 is 4.85. The van der Waals surface area contributed by atoms with Crippen LogP contribution in [0, 0.1) is 0 Å². The quantitative estimate of drug-likeness (QED) is 0.307. The van der Waals surface area contributed by atoms with Gasteiger partial charge >= 0.3 is 0 Å². The van der Waals surface area contributed by atoms with E-state index >= 15 is 0 Å². The first kappa shape index (κ1) is 7.28. The first-order valence-corrected chi connectivity index (χ1v) is 2.75. The van der Waals surface area contributed by atoms with Gasteiger partial charge in [0.1, 0.15) is 0 Å². The Morgan fingerprint density at radius 3 is 2.88 bits per heavy atom. The van der Waals surface area contributed by atoms with Crippen LogP contribution < -0.4 is 0 Å². The summed E-state index contributed by atoms with van der Waals surface area (Å²) in [5.74, 6) is 0. The molecule has 0 heterocycles. The van der Waals surface area contributed by atoms with Crippen LogP contribution in [-0.2, 0) is 4.74 Å². The fourth-order valence-electron chi connectivity index (χ4n) is 0.386. The zero-order valence-electron chi connectivity index (χ0n) is 5.26. The first-order chi connectivity index (χ1) is 3.91. The van der Waals surface area contributed by atoms with Gasteiger partial charge in [0.15, 0.2) is 0 Å². The molecule has 0 bridgehead atoms. The van der Waals surface area contributed by atoms with Crippen molar-refractivity contribution in [2.75, 3.05) is 6.61 Å². The van der Waals surface area contributed by atoms with E-state index in [1.54, 1.807) is 0 Å². The lowest BCUT2D eigenvalue weighted by molar-refractivity contribution is 0.257. The Morgan fingerprint density at radius 1 is 1.62 bits per heavy atom. The van der Waals surface area contributed by atoms with Crippen LogP contribution in [0.25, 0.3) is 0 Å². The van der Waals surface area contributed by atoms with E-state index < -0.39 is 0 Å². The molecule has 0 atom stereocenters. The third kappa shape index (κ3) is 5.28. The molecule has 0 aromatic carbocycles. The van der Waals surface area contributed by atoms with Crippen LogP contribution >= 0.6 is 0 Å². The molecular weight excluding hydrogens is 100 g/mol. The zero-order chi connectivity index (χ0) is 6.24. The van der Waals surface area contributed by atoms with Crippen molar-refractivity contribution in [2.24, 2.45) is 0 Å². The number of allylic oxidation sites excluding steroid dienone is 1. The molecule has 0 saturated heterocycles. The van der Waals surface area contributed by atoms with E-state index in [2.05, 4.69) is 12.7 Å². The molecule has 0 aromatic rings. The molecule has 0 aromatic heterocycles. The van der Waals surface area contributed by atoms with Crippen LogP contribution in [0.3, 0.4) is 0 Å². The van der Waals surface area contributed by atoms with Crippen molar-refractivity contribution in [3.63, 3.8) is 0 Å². The van der Waals surface area contributed by atoms with E-state index in [0.717, 1.165) is 13.0 Å².